The number of amides is 1. The van der Waals surface area contributed by atoms with Gasteiger partial charge < -0.3 is 44.9 Å². The van der Waals surface area contributed by atoms with E-state index >= 15 is 0 Å². The van der Waals surface area contributed by atoms with Crippen molar-refractivity contribution >= 4 is 17.7 Å². The van der Waals surface area contributed by atoms with E-state index in [9.17, 15) is 24.6 Å². The summed E-state index contributed by atoms with van der Waals surface area (Å²) in [6.07, 6.45) is 3.35. The van der Waals surface area contributed by atoms with Gasteiger partial charge in [-0.05, 0) is 99.6 Å². The van der Waals surface area contributed by atoms with Crippen LogP contribution in [0.1, 0.15) is 87.0 Å². The molecule has 2 aliphatic rings. The Morgan fingerprint density at radius 1 is 1.04 bits per heavy atom. The summed E-state index contributed by atoms with van der Waals surface area (Å²) in [5, 5.41) is 23.1. The number of aliphatic hydroxyl groups excluding tert-OH is 2. The van der Waals surface area contributed by atoms with Crippen molar-refractivity contribution in [3.05, 3.63) is 23.8 Å². The van der Waals surface area contributed by atoms with Gasteiger partial charge in [0.1, 0.15) is 12.2 Å². The third-order valence-corrected chi connectivity index (χ3v) is 10.5. The summed E-state index contributed by atoms with van der Waals surface area (Å²) in [4.78, 5) is 46.0. The number of carbonyl (C=O) groups is 3. The maximum Gasteiger partial charge on any atom is 0.308 e. The Balaban J connectivity index is 2.63. The summed E-state index contributed by atoms with van der Waals surface area (Å²) < 4.78 is 18.8. The summed E-state index contributed by atoms with van der Waals surface area (Å²) >= 11 is 0. The Labute approximate surface area is 307 Å². The van der Waals surface area contributed by atoms with Crippen LogP contribution in [0, 0.1) is 23.7 Å². The fourth-order valence-corrected chi connectivity index (χ4v) is 7.29. The Hall–Kier alpha value is -2.19. The van der Waals surface area contributed by atoms with E-state index in [4.69, 9.17) is 19.9 Å². The van der Waals surface area contributed by atoms with Gasteiger partial charge in [0, 0.05) is 36.9 Å². The van der Waals surface area contributed by atoms with E-state index in [2.05, 4.69) is 4.90 Å². The van der Waals surface area contributed by atoms with Gasteiger partial charge in [0.15, 0.2) is 12.1 Å². The Kier molecular flexibility index (Phi) is 19.0. The molecular formula is C39H70N4O8. The Morgan fingerprint density at radius 2 is 1.71 bits per heavy atom. The number of nitrogens with two attached hydrogens (primary N) is 1. The number of ketones is 1. The Bertz CT molecular complexity index is 1160. The molecule has 51 heavy (non-hydrogen) atoms. The molecule has 2 aliphatic heterocycles. The predicted octanol–water partition coefficient (Wildman–Crippen LogP) is 3.39. The lowest BCUT2D eigenvalue weighted by Crippen LogP contribution is -2.56. The van der Waals surface area contributed by atoms with Gasteiger partial charge in [-0.25, -0.2) is 0 Å². The van der Waals surface area contributed by atoms with Gasteiger partial charge in [-0.15, -0.1) is 0 Å². The highest BCUT2D eigenvalue weighted by atomic mass is 16.7. The summed E-state index contributed by atoms with van der Waals surface area (Å²) in [6, 6.07) is -0.920. The number of hydrogen-bond acceptors (Lipinski definition) is 11. The average Bonchev–Trinajstić information content (AvgIpc) is 3.05. The van der Waals surface area contributed by atoms with Gasteiger partial charge in [-0.1, -0.05) is 45.4 Å². The van der Waals surface area contributed by atoms with E-state index in [0.717, 1.165) is 18.5 Å². The molecule has 2 heterocycles. The summed E-state index contributed by atoms with van der Waals surface area (Å²) in [5.74, 6) is -2.27. The van der Waals surface area contributed by atoms with Gasteiger partial charge in [0.05, 0.1) is 30.8 Å². The molecule has 0 aromatic carbocycles. The molecule has 1 amide bonds. The first kappa shape index (κ1) is 45.0. The zero-order chi connectivity index (χ0) is 38.6. The third-order valence-electron chi connectivity index (χ3n) is 10.5. The molecule has 0 saturated carbocycles. The molecule has 12 heteroatoms. The molecule has 4 N–H and O–H groups in total. The van der Waals surface area contributed by atoms with Crippen LogP contribution in [0.4, 0.5) is 0 Å². The second-order valence-corrected chi connectivity index (χ2v) is 15.7. The molecule has 0 spiro atoms. The topological polar surface area (TPSA) is 155 Å². The number of carbonyl (C=O) groups excluding carboxylic acids is 3. The van der Waals surface area contributed by atoms with E-state index in [1.165, 1.54) is 0 Å². The van der Waals surface area contributed by atoms with Crippen molar-refractivity contribution < 1.29 is 38.8 Å². The van der Waals surface area contributed by atoms with Crippen molar-refractivity contribution in [1.29, 1.82) is 0 Å². The highest BCUT2D eigenvalue weighted by Crippen LogP contribution is 2.34. The SMILES string of the molecule is CC[C@H]1OC(=O)C[C@@H](O)[C@H](C)[C@@H](O[C@@H]2O[C@H](C)C[C@H](N(C)C)[C@H]2O)C(CCN(CCCN(C)C)C(=O)[C@H](C)N)C[C@@H](C)C(=O)/C=C/C(C)=C/[C@@H]1C. The second-order valence-electron chi connectivity index (χ2n) is 15.7. The van der Waals surface area contributed by atoms with Crippen molar-refractivity contribution in [2.45, 2.75) is 136 Å². The van der Waals surface area contributed by atoms with Crippen LogP contribution in [0.5, 0.6) is 0 Å². The second kappa shape index (κ2) is 21.5. The molecule has 1 fully saturated rings. The van der Waals surface area contributed by atoms with E-state index in [0.29, 0.717) is 38.8 Å². The molecule has 0 bridgehead atoms. The van der Waals surface area contributed by atoms with Crippen LogP contribution in [0.2, 0.25) is 0 Å². The molecule has 294 valence electrons. The molecular weight excluding hydrogens is 652 g/mol. The number of hydrogen-bond donors (Lipinski definition) is 3. The minimum atomic E-state index is -1.15. The summed E-state index contributed by atoms with van der Waals surface area (Å²) in [5.41, 5.74) is 6.97. The van der Waals surface area contributed by atoms with Crippen molar-refractivity contribution in [2.24, 2.45) is 29.4 Å². The zero-order valence-electron chi connectivity index (χ0n) is 33.3. The zero-order valence-corrected chi connectivity index (χ0v) is 33.3. The first-order valence-electron chi connectivity index (χ1n) is 19.0. The van der Waals surface area contributed by atoms with Crippen LogP contribution >= 0.6 is 0 Å². The van der Waals surface area contributed by atoms with Crippen LogP contribution < -0.4 is 5.73 Å². The number of cyclic esters (lactones) is 1. The lowest BCUT2D eigenvalue weighted by molar-refractivity contribution is -0.283. The van der Waals surface area contributed by atoms with Crippen LogP contribution in [0.3, 0.4) is 0 Å². The third kappa shape index (κ3) is 14.3. The van der Waals surface area contributed by atoms with Gasteiger partial charge in [-0.3, -0.25) is 14.4 Å². The fraction of sp³-hybridized carbons (Fsp3) is 0.821. The van der Waals surface area contributed by atoms with Crippen molar-refractivity contribution in [2.75, 3.05) is 47.8 Å². The molecule has 12 atom stereocenters. The number of allylic oxidation sites excluding steroid dienone is 3. The normalized spacial score (nSPS) is 35.6. The number of nitrogens with zero attached hydrogens (tertiary/aromatic N) is 3. The Morgan fingerprint density at radius 3 is 2.29 bits per heavy atom. The minimum Gasteiger partial charge on any atom is -0.462 e. The van der Waals surface area contributed by atoms with Gasteiger partial charge >= 0.3 is 5.97 Å². The highest BCUT2D eigenvalue weighted by Gasteiger charge is 2.43. The monoisotopic (exact) mass is 723 g/mol. The minimum absolute atomic E-state index is 0.0531. The van der Waals surface area contributed by atoms with Gasteiger partial charge in [0.2, 0.25) is 5.91 Å². The molecule has 2 rings (SSSR count). The molecule has 12 nitrogen and oxygen atoms in total. The number of aliphatic hydroxyl groups is 2. The molecule has 1 unspecified atom stereocenters. The maximum absolute atomic E-state index is 13.6. The van der Waals surface area contributed by atoms with Crippen molar-refractivity contribution in [3.8, 4) is 0 Å². The highest BCUT2D eigenvalue weighted by molar-refractivity contribution is 5.91. The van der Waals surface area contributed by atoms with E-state index in [1.54, 1.807) is 24.0 Å². The van der Waals surface area contributed by atoms with Crippen LogP contribution in [0.15, 0.2) is 23.8 Å². The number of rotatable bonds is 12. The molecule has 0 aliphatic carbocycles. The predicted molar refractivity (Wildman–Crippen MR) is 200 cm³/mol. The largest absolute Gasteiger partial charge is 0.462 e. The average molecular weight is 723 g/mol. The van der Waals surface area contributed by atoms with Gasteiger partial charge in [-0.2, -0.15) is 0 Å². The quantitative estimate of drug-likeness (QED) is 0.254. The lowest BCUT2D eigenvalue weighted by Gasteiger charge is -2.44. The summed E-state index contributed by atoms with van der Waals surface area (Å²) in [6.45, 7) is 14.8. The number of likely N-dealkylation sites (N-methyl/N-ethyl adjacent to an activating group) is 1. The first-order chi connectivity index (χ1) is 23.9. The maximum atomic E-state index is 13.6. The van der Waals surface area contributed by atoms with Gasteiger partial charge in [0.25, 0.3) is 0 Å². The molecule has 0 radical (unpaired) electrons. The fourth-order valence-electron chi connectivity index (χ4n) is 7.29. The van der Waals surface area contributed by atoms with Crippen LogP contribution in [-0.2, 0) is 28.6 Å². The molecule has 1 saturated heterocycles. The van der Waals surface area contributed by atoms with Crippen LogP contribution in [-0.4, -0.2) is 139 Å². The van der Waals surface area contributed by atoms with E-state index < -0.39 is 54.6 Å². The lowest BCUT2D eigenvalue weighted by atomic mass is 9.79. The van der Waals surface area contributed by atoms with E-state index in [1.807, 2.05) is 80.7 Å². The summed E-state index contributed by atoms with van der Waals surface area (Å²) in [7, 11) is 7.77. The smallest absolute Gasteiger partial charge is 0.308 e. The van der Waals surface area contributed by atoms with Crippen molar-refractivity contribution in [3.63, 3.8) is 0 Å². The van der Waals surface area contributed by atoms with Crippen molar-refractivity contribution in [1.82, 2.24) is 14.7 Å². The molecule has 0 aromatic rings. The van der Waals surface area contributed by atoms with E-state index in [-0.39, 0.29) is 42.1 Å². The van der Waals surface area contributed by atoms with Crippen LogP contribution in [0.25, 0.3) is 0 Å². The standard InChI is InChI=1S/C39H70N4O8/c1-12-34-26(4)20-24(2)14-15-32(44)25(3)21-30(16-19-43(38(48)29(7)40)18-13-17-41(8)9)37(28(6)33(45)23-35(46)50-34)51-39-36(47)31(42(10)11)22-27(5)49-39/h14-15,20,25-31,33-34,36-37,39,45,47H,12-13,16-19,21-23,40H2,1-11H3/b15-14+,24-20+/t25-,26+,27-,28+,29+,30?,31+,33-,34-,36-,37-,39+/m1/s1. The number of esters is 1. The first-order valence-corrected chi connectivity index (χ1v) is 19.0. The number of ether oxygens (including phenoxy) is 3. The molecule has 0 aromatic heterocycles.